The third-order valence-electron chi connectivity index (χ3n) is 4.32. The molecule has 0 aromatic rings. The SMILES string of the molecule is CCNC(=O)OCCOCC(CC)(COCCOC(=O)NCC)COCCOC(=O)NCC. The quantitative estimate of drug-likeness (QED) is 0.186. The highest BCUT2D eigenvalue weighted by Crippen LogP contribution is 2.24. The van der Waals surface area contributed by atoms with Crippen LogP contribution < -0.4 is 16.0 Å². The molecule has 3 amide bonds. The van der Waals surface area contributed by atoms with Crippen LogP contribution in [0.5, 0.6) is 0 Å². The van der Waals surface area contributed by atoms with Crippen molar-refractivity contribution in [3.63, 3.8) is 0 Å². The maximum Gasteiger partial charge on any atom is 0.407 e. The van der Waals surface area contributed by atoms with E-state index in [1.165, 1.54) is 0 Å². The minimum Gasteiger partial charge on any atom is -0.447 e. The van der Waals surface area contributed by atoms with E-state index in [2.05, 4.69) is 16.0 Å². The van der Waals surface area contributed by atoms with Gasteiger partial charge in [0.15, 0.2) is 0 Å². The molecule has 0 saturated heterocycles. The zero-order valence-electron chi connectivity index (χ0n) is 20.4. The van der Waals surface area contributed by atoms with Crippen LogP contribution in [0, 0.1) is 5.41 Å². The third-order valence-corrected chi connectivity index (χ3v) is 4.32. The second kappa shape index (κ2) is 20.3. The van der Waals surface area contributed by atoms with Crippen LogP contribution >= 0.6 is 0 Å². The smallest absolute Gasteiger partial charge is 0.407 e. The molecular weight excluding hydrogens is 438 g/mol. The number of carbonyl (C=O) groups excluding carboxylic acids is 3. The molecule has 0 bridgehead atoms. The molecule has 0 aromatic heterocycles. The highest BCUT2D eigenvalue weighted by Gasteiger charge is 2.30. The van der Waals surface area contributed by atoms with Crippen molar-refractivity contribution in [1.82, 2.24) is 16.0 Å². The monoisotopic (exact) mass is 479 g/mol. The van der Waals surface area contributed by atoms with E-state index < -0.39 is 23.7 Å². The maximum atomic E-state index is 11.3. The molecule has 33 heavy (non-hydrogen) atoms. The van der Waals surface area contributed by atoms with Crippen LogP contribution in [0.25, 0.3) is 0 Å². The van der Waals surface area contributed by atoms with Crippen molar-refractivity contribution >= 4 is 18.3 Å². The summed E-state index contributed by atoms with van der Waals surface area (Å²) in [5, 5.41) is 7.61. The molecule has 0 aliphatic heterocycles. The Kier molecular flexibility index (Phi) is 18.9. The van der Waals surface area contributed by atoms with Crippen LogP contribution in [0.2, 0.25) is 0 Å². The van der Waals surface area contributed by atoms with Crippen molar-refractivity contribution in [2.75, 3.05) is 79.1 Å². The fourth-order valence-corrected chi connectivity index (χ4v) is 2.46. The lowest BCUT2D eigenvalue weighted by atomic mass is 9.88. The van der Waals surface area contributed by atoms with Crippen molar-refractivity contribution in [2.45, 2.75) is 34.1 Å². The van der Waals surface area contributed by atoms with Crippen LogP contribution in [-0.4, -0.2) is 97.4 Å². The Morgan fingerprint density at radius 2 is 0.848 bits per heavy atom. The first-order valence-electron chi connectivity index (χ1n) is 11.4. The maximum absolute atomic E-state index is 11.3. The lowest BCUT2D eigenvalue weighted by molar-refractivity contribution is -0.0825. The van der Waals surface area contributed by atoms with Gasteiger partial charge in [0.25, 0.3) is 0 Å². The Morgan fingerprint density at radius 3 is 1.09 bits per heavy atom. The molecule has 194 valence electrons. The largest absolute Gasteiger partial charge is 0.447 e. The van der Waals surface area contributed by atoms with Gasteiger partial charge in [-0.1, -0.05) is 6.92 Å². The van der Waals surface area contributed by atoms with Gasteiger partial charge in [-0.2, -0.15) is 0 Å². The average Bonchev–Trinajstić information content (AvgIpc) is 2.78. The topological polar surface area (TPSA) is 143 Å². The summed E-state index contributed by atoms with van der Waals surface area (Å²) in [6.07, 6.45) is -0.797. The van der Waals surface area contributed by atoms with Gasteiger partial charge in [-0.15, -0.1) is 0 Å². The molecule has 0 saturated carbocycles. The van der Waals surface area contributed by atoms with Gasteiger partial charge in [0.2, 0.25) is 0 Å². The van der Waals surface area contributed by atoms with Crippen LogP contribution in [0.3, 0.4) is 0 Å². The molecule has 0 rings (SSSR count). The fourth-order valence-electron chi connectivity index (χ4n) is 2.46. The van der Waals surface area contributed by atoms with Crippen molar-refractivity contribution in [2.24, 2.45) is 5.41 Å². The third kappa shape index (κ3) is 16.9. The summed E-state index contributed by atoms with van der Waals surface area (Å²) >= 11 is 0. The summed E-state index contributed by atoms with van der Waals surface area (Å²) in [5.74, 6) is 0. The van der Waals surface area contributed by atoms with Gasteiger partial charge in [-0.25, -0.2) is 14.4 Å². The van der Waals surface area contributed by atoms with Crippen molar-refractivity contribution < 1.29 is 42.8 Å². The molecule has 0 fully saturated rings. The average molecular weight is 480 g/mol. The Morgan fingerprint density at radius 1 is 0.545 bits per heavy atom. The standard InChI is InChI=1S/C21H41N3O9/c1-5-21(15-28-9-12-31-18(25)22-6-2,16-29-10-13-32-19(26)23-7-3)17-30-11-14-33-20(27)24-8-4/h5-17H2,1-4H3,(H,22,25)(H,23,26)(H,24,27). The van der Waals surface area contributed by atoms with Gasteiger partial charge < -0.3 is 44.4 Å². The molecule has 12 nitrogen and oxygen atoms in total. The second-order valence-electron chi connectivity index (χ2n) is 7.01. The minimum atomic E-state index is -0.492. The Bertz CT molecular complexity index is 466. The number of alkyl carbamates (subject to hydrolysis) is 3. The zero-order valence-corrected chi connectivity index (χ0v) is 20.4. The first-order valence-corrected chi connectivity index (χ1v) is 11.4. The van der Waals surface area contributed by atoms with Crippen LogP contribution in [0.4, 0.5) is 14.4 Å². The molecule has 12 heteroatoms. The molecule has 0 aromatic carbocycles. The Hall–Kier alpha value is -2.31. The second-order valence-corrected chi connectivity index (χ2v) is 7.01. The van der Waals surface area contributed by atoms with E-state index in [1.807, 2.05) is 6.92 Å². The number of rotatable bonds is 19. The summed E-state index contributed by atoms with van der Waals surface area (Å²) in [6, 6.07) is 0. The van der Waals surface area contributed by atoms with Gasteiger partial charge >= 0.3 is 18.3 Å². The first kappa shape index (κ1) is 30.7. The number of carbonyl (C=O) groups is 3. The molecule has 0 atom stereocenters. The molecule has 0 heterocycles. The van der Waals surface area contributed by atoms with Gasteiger partial charge in [0.05, 0.1) is 39.6 Å². The van der Waals surface area contributed by atoms with E-state index in [9.17, 15) is 14.4 Å². The van der Waals surface area contributed by atoms with Gasteiger partial charge in [-0.3, -0.25) is 0 Å². The fraction of sp³-hybridized carbons (Fsp3) is 0.857. The zero-order chi connectivity index (χ0) is 24.8. The van der Waals surface area contributed by atoms with E-state index >= 15 is 0 Å². The van der Waals surface area contributed by atoms with Crippen molar-refractivity contribution in [1.29, 1.82) is 0 Å². The van der Waals surface area contributed by atoms with Gasteiger partial charge in [0, 0.05) is 25.0 Å². The van der Waals surface area contributed by atoms with Gasteiger partial charge in [0.1, 0.15) is 19.8 Å². The number of nitrogens with one attached hydrogen (secondary N) is 3. The molecule has 0 spiro atoms. The number of hydrogen-bond acceptors (Lipinski definition) is 9. The number of hydrogen-bond donors (Lipinski definition) is 3. The Labute approximate surface area is 196 Å². The highest BCUT2D eigenvalue weighted by molar-refractivity contribution is 5.67. The number of ether oxygens (including phenoxy) is 6. The summed E-state index contributed by atoms with van der Waals surface area (Å²) in [5.41, 5.74) is -0.483. The van der Waals surface area contributed by atoms with E-state index in [4.69, 9.17) is 28.4 Å². The molecule has 0 radical (unpaired) electrons. The molecule has 3 N–H and O–H groups in total. The predicted octanol–water partition coefficient (Wildman–Crippen LogP) is 1.67. The molecule has 0 aliphatic carbocycles. The van der Waals surface area contributed by atoms with E-state index in [0.29, 0.717) is 45.9 Å². The highest BCUT2D eigenvalue weighted by atomic mass is 16.6. The normalized spacial score (nSPS) is 10.9. The molecule has 0 unspecified atom stereocenters. The van der Waals surface area contributed by atoms with E-state index in [0.717, 1.165) is 0 Å². The van der Waals surface area contributed by atoms with Crippen LogP contribution in [0.1, 0.15) is 34.1 Å². The number of amides is 3. The van der Waals surface area contributed by atoms with E-state index in [-0.39, 0.29) is 39.6 Å². The lowest BCUT2D eigenvalue weighted by Crippen LogP contribution is -2.38. The predicted molar refractivity (Wildman–Crippen MR) is 120 cm³/mol. The van der Waals surface area contributed by atoms with Crippen LogP contribution in [0.15, 0.2) is 0 Å². The van der Waals surface area contributed by atoms with Crippen molar-refractivity contribution in [3.8, 4) is 0 Å². The molecular formula is C21H41N3O9. The van der Waals surface area contributed by atoms with E-state index in [1.54, 1.807) is 20.8 Å². The Balaban J connectivity index is 4.51. The van der Waals surface area contributed by atoms with Crippen molar-refractivity contribution in [3.05, 3.63) is 0 Å². The van der Waals surface area contributed by atoms with Gasteiger partial charge in [-0.05, 0) is 27.2 Å². The first-order chi connectivity index (χ1) is 15.9. The summed E-state index contributed by atoms with van der Waals surface area (Å²) in [6.45, 7) is 10.8. The minimum absolute atomic E-state index is 0.119. The summed E-state index contributed by atoms with van der Waals surface area (Å²) < 4.78 is 32.1. The lowest BCUT2D eigenvalue weighted by Gasteiger charge is -2.32. The summed E-state index contributed by atoms with van der Waals surface area (Å²) in [7, 11) is 0. The van der Waals surface area contributed by atoms with Crippen LogP contribution in [-0.2, 0) is 28.4 Å². The summed E-state index contributed by atoms with van der Waals surface area (Å²) in [4.78, 5) is 34.0. The molecule has 0 aliphatic rings.